The summed E-state index contributed by atoms with van der Waals surface area (Å²) in [6, 6.07) is 0. The van der Waals surface area contributed by atoms with Crippen molar-refractivity contribution in [1.82, 2.24) is 19.6 Å². The lowest BCUT2D eigenvalue weighted by Crippen LogP contribution is -2.39. The van der Waals surface area contributed by atoms with Crippen molar-refractivity contribution < 1.29 is 9.59 Å². The molecule has 0 aromatic heterocycles. The predicted octanol–water partition coefficient (Wildman–Crippen LogP) is 5.41. The van der Waals surface area contributed by atoms with E-state index in [-0.39, 0.29) is 22.4 Å². The van der Waals surface area contributed by atoms with Gasteiger partial charge < -0.3 is 19.6 Å². The summed E-state index contributed by atoms with van der Waals surface area (Å²) in [7, 11) is 0. The number of hydrogen-bond donors (Lipinski definition) is 0. The Morgan fingerprint density at radius 1 is 0.676 bits per heavy atom. The molecular formula is C27H44N4O2S4. The SMILES string of the molecule is CCN1CC(=S)N(CC(C)(C)CCC(=O)CCCC(=O)CCC(C)(C)CN2C(=S)CN(CC)C2=S)C1=S. The van der Waals surface area contributed by atoms with Crippen molar-refractivity contribution in [2.75, 3.05) is 39.3 Å². The van der Waals surface area contributed by atoms with Crippen molar-refractivity contribution in [3.63, 3.8) is 0 Å². The van der Waals surface area contributed by atoms with Crippen LogP contribution in [0.1, 0.15) is 86.5 Å². The maximum absolute atomic E-state index is 12.5. The molecule has 37 heavy (non-hydrogen) atoms. The highest BCUT2D eigenvalue weighted by molar-refractivity contribution is 7.82. The van der Waals surface area contributed by atoms with E-state index in [9.17, 15) is 9.59 Å². The Balaban J connectivity index is 1.67. The number of thiocarbonyl (C=S) groups is 4. The summed E-state index contributed by atoms with van der Waals surface area (Å²) >= 11 is 22.2. The third-order valence-corrected chi connectivity index (χ3v) is 8.92. The van der Waals surface area contributed by atoms with Gasteiger partial charge in [0.1, 0.15) is 21.5 Å². The Kier molecular flexibility index (Phi) is 12.0. The molecule has 0 spiro atoms. The minimum atomic E-state index is -0.0803. The van der Waals surface area contributed by atoms with Crippen LogP contribution >= 0.6 is 48.9 Å². The average molecular weight is 585 g/mol. The lowest BCUT2D eigenvalue weighted by molar-refractivity contribution is -0.121. The second-order valence-electron chi connectivity index (χ2n) is 11.8. The van der Waals surface area contributed by atoms with E-state index in [0.717, 1.165) is 59.2 Å². The summed E-state index contributed by atoms with van der Waals surface area (Å²) in [5.41, 5.74) is -0.161. The topological polar surface area (TPSA) is 47.1 Å². The number of nitrogens with zero attached hydrogens (tertiary/aromatic N) is 4. The molecule has 2 heterocycles. The van der Waals surface area contributed by atoms with E-state index in [1.807, 2.05) is 9.80 Å². The minimum absolute atomic E-state index is 0.0803. The van der Waals surface area contributed by atoms with Crippen LogP contribution in [0.5, 0.6) is 0 Å². The first-order chi connectivity index (χ1) is 17.2. The molecule has 10 heteroatoms. The van der Waals surface area contributed by atoms with Crippen LogP contribution < -0.4 is 0 Å². The molecule has 2 saturated heterocycles. The van der Waals surface area contributed by atoms with Crippen LogP contribution in [0.4, 0.5) is 0 Å². The van der Waals surface area contributed by atoms with Crippen LogP contribution in [0.25, 0.3) is 0 Å². The molecule has 0 radical (unpaired) electrons. The standard InChI is InChI=1S/C27H44N4O2S4/c1-7-28-16-22(34)30(24(28)36)18-26(3,4)14-12-20(32)10-9-11-21(33)13-15-27(5,6)19-31-23(35)17-29(8-2)25(31)37/h7-19H2,1-6H3. The summed E-state index contributed by atoms with van der Waals surface area (Å²) in [4.78, 5) is 35.1. The van der Waals surface area contributed by atoms with Gasteiger partial charge in [-0.25, -0.2) is 0 Å². The Labute approximate surface area is 245 Å². The number of carbonyl (C=O) groups is 2. The lowest BCUT2D eigenvalue weighted by atomic mass is 9.85. The molecule has 0 N–H and O–H groups in total. The second kappa shape index (κ2) is 13.8. The van der Waals surface area contributed by atoms with Gasteiger partial charge in [-0.05, 0) is 68.4 Å². The number of hydrogen-bond acceptors (Lipinski definition) is 6. The van der Waals surface area contributed by atoms with Crippen LogP contribution in [0.2, 0.25) is 0 Å². The van der Waals surface area contributed by atoms with Crippen LogP contribution in [-0.4, -0.2) is 90.6 Å². The van der Waals surface area contributed by atoms with E-state index in [1.165, 1.54) is 0 Å². The Morgan fingerprint density at radius 3 is 1.32 bits per heavy atom. The predicted molar refractivity (Wildman–Crippen MR) is 168 cm³/mol. The molecule has 0 unspecified atom stereocenters. The van der Waals surface area contributed by atoms with E-state index in [1.54, 1.807) is 0 Å². The smallest absolute Gasteiger partial charge is 0.176 e. The molecule has 2 aliphatic rings. The fourth-order valence-corrected chi connectivity index (χ4v) is 6.16. The van der Waals surface area contributed by atoms with Crippen LogP contribution in [0.3, 0.4) is 0 Å². The van der Waals surface area contributed by atoms with Crippen LogP contribution in [0, 0.1) is 10.8 Å². The van der Waals surface area contributed by atoms with Gasteiger partial charge in [0.15, 0.2) is 10.2 Å². The van der Waals surface area contributed by atoms with Gasteiger partial charge in [0, 0.05) is 51.9 Å². The molecule has 2 aliphatic heterocycles. The van der Waals surface area contributed by atoms with Gasteiger partial charge in [0.2, 0.25) is 0 Å². The zero-order chi connectivity index (χ0) is 28.0. The largest absolute Gasteiger partial charge is 0.342 e. The number of Topliss-reactive ketones (excluding diaryl/α,β-unsaturated/α-hetero) is 2. The molecule has 2 rings (SSSR count). The number of rotatable bonds is 16. The van der Waals surface area contributed by atoms with Gasteiger partial charge in [0.05, 0.1) is 13.1 Å². The first-order valence-electron chi connectivity index (χ1n) is 13.4. The first-order valence-corrected chi connectivity index (χ1v) is 15.0. The van der Waals surface area contributed by atoms with Crippen molar-refractivity contribution in [1.29, 1.82) is 0 Å². The molecular weight excluding hydrogens is 541 g/mol. The highest BCUT2D eigenvalue weighted by atomic mass is 32.1. The molecule has 6 nitrogen and oxygen atoms in total. The van der Waals surface area contributed by atoms with E-state index in [0.29, 0.717) is 45.2 Å². The number of likely N-dealkylation sites (N-methyl/N-ethyl adjacent to an activating group) is 2. The van der Waals surface area contributed by atoms with Gasteiger partial charge in [-0.2, -0.15) is 0 Å². The maximum atomic E-state index is 12.5. The molecule has 0 amide bonds. The fourth-order valence-electron chi connectivity index (χ4n) is 4.70. The van der Waals surface area contributed by atoms with Gasteiger partial charge in [-0.3, -0.25) is 9.59 Å². The molecule has 0 bridgehead atoms. The quantitative estimate of drug-likeness (QED) is 0.220. The minimum Gasteiger partial charge on any atom is -0.342 e. The molecule has 0 atom stereocenters. The van der Waals surface area contributed by atoms with Crippen molar-refractivity contribution in [2.24, 2.45) is 10.8 Å². The van der Waals surface area contributed by atoms with Crippen molar-refractivity contribution in [3.05, 3.63) is 0 Å². The van der Waals surface area contributed by atoms with Crippen molar-refractivity contribution in [2.45, 2.75) is 86.5 Å². The Hall–Kier alpha value is -1.10. The Morgan fingerprint density at radius 2 is 1.03 bits per heavy atom. The zero-order valence-corrected chi connectivity index (χ0v) is 26.7. The first kappa shape index (κ1) is 32.1. The molecule has 0 aliphatic carbocycles. The third kappa shape index (κ3) is 9.55. The summed E-state index contributed by atoms with van der Waals surface area (Å²) in [5.74, 6) is 0.444. The van der Waals surface area contributed by atoms with Gasteiger partial charge in [0.25, 0.3) is 0 Å². The third-order valence-electron chi connectivity index (χ3n) is 7.27. The molecule has 0 saturated carbocycles. The van der Waals surface area contributed by atoms with Crippen LogP contribution in [-0.2, 0) is 9.59 Å². The molecule has 0 aromatic carbocycles. The number of carbonyl (C=O) groups excluding carboxylic acids is 2. The zero-order valence-electron chi connectivity index (χ0n) is 23.4. The monoisotopic (exact) mass is 584 g/mol. The van der Waals surface area contributed by atoms with E-state index >= 15 is 0 Å². The fraction of sp³-hybridized carbons (Fsp3) is 0.778. The second-order valence-corrected chi connectivity index (χ2v) is 13.5. The van der Waals surface area contributed by atoms with Gasteiger partial charge in [-0.1, -0.05) is 52.1 Å². The van der Waals surface area contributed by atoms with E-state index < -0.39 is 0 Å². The summed E-state index contributed by atoms with van der Waals surface area (Å²) in [6.45, 7) is 17.4. The maximum Gasteiger partial charge on any atom is 0.176 e. The van der Waals surface area contributed by atoms with Crippen molar-refractivity contribution in [3.8, 4) is 0 Å². The summed E-state index contributed by atoms with van der Waals surface area (Å²) in [6.07, 6.45) is 4.12. The highest BCUT2D eigenvalue weighted by Gasteiger charge is 2.34. The number of ketones is 2. The normalized spacial score (nSPS) is 17.0. The van der Waals surface area contributed by atoms with Crippen LogP contribution in [0.15, 0.2) is 0 Å². The van der Waals surface area contributed by atoms with E-state index in [4.69, 9.17) is 48.9 Å². The highest BCUT2D eigenvalue weighted by Crippen LogP contribution is 2.29. The van der Waals surface area contributed by atoms with Gasteiger partial charge in [-0.15, -0.1) is 0 Å². The van der Waals surface area contributed by atoms with E-state index in [2.05, 4.69) is 51.3 Å². The molecule has 208 valence electrons. The van der Waals surface area contributed by atoms with Crippen molar-refractivity contribution >= 4 is 80.6 Å². The lowest BCUT2D eigenvalue weighted by Gasteiger charge is -2.31. The Bertz CT molecular complexity index is 846. The summed E-state index contributed by atoms with van der Waals surface area (Å²) < 4.78 is 0. The average Bonchev–Trinajstić information content (AvgIpc) is 3.25. The molecule has 0 aromatic rings. The molecule has 2 fully saturated rings. The summed E-state index contributed by atoms with van der Waals surface area (Å²) in [5, 5.41) is 1.59. The van der Waals surface area contributed by atoms with Gasteiger partial charge >= 0.3 is 0 Å².